The van der Waals surface area contributed by atoms with E-state index in [1.807, 2.05) is 0 Å². The maximum absolute atomic E-state index is 14.4. The zero-order chi connectivity index (χ0) is 22.6. The normalized spacial score (nSPS) is 12.7. The molecule has 2 N–H and O–H groups in total. The standard InChI is InChI=1S/C19H16FN3O6S2/c1-21-18(29-16(26)7-6-15(24)25)14-11-13(12-5-4-8-22-17(12)20)19(30-14)31(27,28)23-9-2-3-10-23/h2-11,18,21H,1H3,(H,24,25)/b7-6+. The fourth-order valence-corrected chi connectivity index (χ4v) is 5.63. The summed E-state index contributed by atoms with van der Waals surface area (Å²) in [6.07, 6.45) is 4.14. The van der Waals surface area contributed by atoms with Gasteiger partial charge in [0, 0.05) is 41.9 Å². The van der Waals surface area contributed by atoms with Crippen LogP contribution < -0.4 is 5.32 Å². The van der Waals surface area contributed by atoms with Gasteiger partial charge >= 0.3 is 11.9 Å². The number of thiophene rings is 1. The number of ether oxygens (including phenoxy) is 1. The molecule has 0 bridgehead atoms. The smallest absolute Gasteiger partial charge is 0.332 e. The lowest BCUT2D eigenvalue weighted by Gasteiger charge is -2.14. The molecule has 3 aromatic heterocycles. The van der Waals surface area contributed by atoms with Crippen molar-refractivity contribution in [2.75, 3.05) is 7.05 Å². The van der Waals surface area contributed by atoms with E-state index in [4.69, 9.17) is 9.84 Å². The Balaban J connectivity index is 2.10. The number of pyridine rings is 1. The average molecular weight is 465 g/mol. The second-order valence-corrected chi connectivity index (χ2v) is 9.11. The molecule has 1 unspecified atom stereocenters. The SMILES string of the molecule is CNC(OC(=O)/C=C/C(=O)O)c1cc(-c2cccnc2F)c(S(=O)(=O)n2cccc2)s1. The number of nitrogens with zero attached hydrogens (tertiary/aromatic N) is 2. The first-order chi connectivity index (χ1) is 14.7. The summed E-state index contributed by atoms with van der Waals surface area (Å²) in [5.41, 5.74) is 0.0133. The van der Waals surface area contributed by atoms with Gasteiger partial charge in [-0.25, -0.2) is 18.5 Å². The third-order valence-corrected chi connectivity index (χ3v) is 7.31. The molecule has 162 valence electrons. The first-order valence-electron chi connectivity index (χ1n) is 8.66. The number of aromatic nitrogens is 2. The van der Waals surface area contributed by atoms with Crippen molar-refractivity contribution >= 4 is 33.3 Å². The van der Waals surface area contributed by atoms with Crippen LogP contribution in [0.4, 0.5) is 4.39 Å². The minimum absolute atomic E-state index is 0.0392. The quantitative estimate of drug-likeness (QED) is 0.225. The molecule has 0 fully saturated rings. The van der Waals surface area contributed by atoms with Gasteiger partial charge in [-0.15, -0.1) is 11.3 Å². The van der Waals surface area contributed by atoms with Gasteiger partial charge in [0.25, 0.3) is 10.0 Å². The Morgan fingerprint density at radius 1 is 1.26 bits per heavy atom. The van der Waals surface area contributed by atoms with Crippen LogP contribution >= 0.6 is 11.3 Å². The number of esters is 1. The molecule has 3 rings (SSSR count). The molecule has 0 spiro atoms. The van der Waals surface area contributed by atoms with Crippen LogP contribution in [-0.2, 0) is 24.3 Å². The monoisotopic (exact) mass is 465 g/mol. The maximum Gasteiger partial charge on any atom is 0.332 e. The van der Waals surface area contributed by atoms with E-state index < -0.39 is 34.1 Å². The van der Waals surface area contributed by atoms with Gasteiger partial charge in [0.15, 0.2) is 6.23 Å². The molecule has 0 radical (unpaired) electrons. The number of carbonyl (C=O) groups is 2. The van der Waals surface area contributed by atoms with Crippen molar-refractivity contribution in [2.24, 2.45) is 0 Å². The van der Waals surface area contributed by atoms with Crippen molar-refractivity contribution in [2.45, 2.75) is 10.4 Å². The molecule has 0 aliphatic carbocycles. The topological polar surface area (TPSA) is 128 Å². The molecule has 1 atom stereocenters. The largest absolute Gasteiger partial charge is 0.478 e. The van der Waals surface area contributed by atoms with Crippen LogP contribution in [0.2, 0.25) is 0 Å². The van der Waals surface area contributed by atoms with Crippen LogP contribution in [-0.4, -0.2) is 41.5 Å². The predicted octanol–water partition coefficient (Wildman–Crippen LogP) is 2.39. The third-order valence-electron chi connectivity index (χ3n) is 3.97. The van der Waals surface area contributed by atoms with Gasteiger partial charge in [-0.05, 0) is 37.4 Å². The minimum Gasteiger partial charge on any atom is -0.478 e. The van der Waals surface area contributed by atoms with Crippen LogP contribution in [0.3, 0.4) is 0 Å². The molecule has 0 aromatic carbocycles. The number of hydrogen-bond donors (Lipinski definition) is 2. The summed E-state index contributed by atoms with van der Waals surface area (Å²) in [5.74, 6) is -3.15. The summed E-state index contributed by atoms with van der Waals surface area (Å²) >= 11 is 0.784. The summed E-state index contributed by atoms with van der Waals surface area (Å²) in [5, 5.41) is 11.3. The molecule has 0 amide bonds. The Bertz CT molecular complexity index is 1240. The fourth-order valence-electron chi connectivity index (χ4n) is 2.62. The maximum atomic E-state index is 14.4. The molecule has 0 saturated carbocycles. The van der Waals surface area contributed by atoms with E-state index in [0.29, 0.717) is 6.08 Å². The predicted molar refractivity (Wildman–Crippen MR) is 109 cm³/mol. The number of carboxylic acids is 1. The van der Waals surface area contributed by atoms with E-state index in [9.17, 15) is 22.4 Å². The van der Waals surface area contributed by atoms with Crippen LogP contribution in [0, 0.1) is 5.95 Å². The molecule has 12 heteroatoms. The number of aliphatic carboxylic acids is 1. The van der Waals surface area contributed by atoms with Crippen LogP contribution in [0.15, 0.2) is 65.3 Å². The van der Waals surface area contributed by atoms with E-state index >= 15 is 0 Å². The zero-order valence-corrected chi connectivity index (χ0v) is 17.6. The van der Waals surface area contributed by atoms with Crippen LogP contribution in [0.5, 0.6) is 0 Å². The van der Waals surface area contributed by atoms with Gasteiger partial charge in [-0.1, -0.05) is 0 Å². The Morgan fingerprint density at radius 3 is 2.58 bits per heavy atom. The number of nitrogens with one attached hydrogen (secondary N) is 1. The zero-order valence-electron chi connectivity index (χ0n) is 15.9. The Kier molecular flexibility index (Phi) is 6.63. The summed E-state index contributed by atoms with van der Waals surface area (Å²) in [6.45, 7) is 0. The third kappa shape index (κ3) is 4.87. The second-order valence-electron chi connectivity index (χ2n) is 5.99. The lowest BCUT2D eigenvalue weighted by molar-refractivity contribution is -0.145. The summed E-state index contributed by atoms with van der Waals surface area (Å²) in [6, 6.07) is 7.30. The molecule has 0 aliphatic rings. The van der Waals surface area contributed by atoms with Crippen molar-refractivity contribution in [1.29, 1.82) is 0 Å². The first-order valence-corrected chi connectivity index (χ1v) is 10.9. The summed E-state index contributed by atoms with van der Waals surface area (Å²) in [4.78, 5) is 26.3. The number of rotatable bonds is 8. The van der Waals surface area contributed by atoms with Crippen LogP contribution in [0.25, 0.3) is 11.1 Å². The van der Waals surface area contributed by atoms with Crippen molar-refractivity contribution < 1.29 is 32.2 Å². The van der Waals surface area contributed by atoms with E-state index in [0.717, 1.165) is 21.4 Å². The molecule has 0 aliphatic heterocycles. The number of carboxylic acid groups (broad SMARTS) is 1. The molecule has 3 aromatic rings. The molecule has 3 heterocycles. The fraction of sp³-hybridized carbons (Fsp3) is 0.105. The van der Waals surface area contributed by atoms with E-state index in [-0.39, 0.29) is 20.2 Å². The molecule has 9 nitrogen and oxygen atoms in total. The van der Waals surface area contributed by atoms with Gasteiger partial charge in [0.2, 0.25) is 5.95 Å². The van der Waals surface area contributed by atoms with Gasteiger partial charge in [-0.3, -0.25) is 5.32 Å². The van der Waals surface area contributed by atoms with Gasteiger partial charge < -0.3 is 9.84 Å². The van der Waals surface area contributed by atoms with Crippen molar-refractivity contribution in [3.05, 3.63) is 71.9 Å². The molecule has 0 saturated heterocycles. The summed E-state index contributed by atoms with van der Waals surface area (Å²) < 4.78 is 46.7. The molecule has 31 heavy (non-hydrogen) atoms. The second kappa shape index (κ2) is 9.20. The van der Waals surface area contributed by atoms with Gasteiger partial charge in [-0.2, -0.15) is 12.8 Å². The van der Waals surface area contributed by atoms with Crippen molar-refractivity contribution in [1.82, 2.24) is 14.3 Å². The van der Waals surface area contributed by atoms with Crippen molar-refractivity contribution in [3.63, 3.8) is 0 Å². The highest BCUT2D eigenvalue weighted by Crippen LogP contribution is 2.39. The lowest BCUT2D eigenvalue weighted by atomic mass is 10.1. The van der Waals surface area contributed by atoms with E-state index in [1.54, 1.807) is 0 Å². The Labute approximate surface area is 180 Å². The highest BCUT2D eigenvalue weighted by atomic mass is 32.2. The van der Waals surface area contributed by atoms with Gasteiger partial charge in [0.1, 0.15) is 4.21 Å². The Hall–Kier alpha value is -3.35. The van der Waals surface area contributed by atoms with Crippen molar-refractivity contribution in [3.8, 4) is 11.1 Å². The number of hydrogen-bond acceptors (Lipinski definition) is 8. The van der Waals surface area contributed by atoms with Gasteiger partial charge in [0.05, 0.1) is 4.88 Å². The minimum atomic E-state index is -4.08. The van der Waals surface area contributed by atoms with Crippen LogP contribution in [0.1, 0.15) is 11.1 Å². The molecular formula is C19H16FN3O6S2. The lowest BCUT2D eigenvalue weighted by Crippen LogP contribution is -2.21. The molecular weight excluding hydrogens is 449 g/mol. The first kappa shape index (κ1) is 22.3. The highest BCUT2D eigenvalue weighted by Gasteiger charge is 2.29. The van der Waals surface area contributed by atoms with E-state index in [2.05, 4.69) is 10.3 Å². The number of halogens is 1. The van der Waals surface area contributed by atoms with E-state index in [1.165, 1.54) is 56.0 Å². The summed E-state index contributed by atoms with van der Waals surface area (Å²) in [7, 11) is -2.62. The average Bonchev–Trinajstić information content (AvgIpc) is 3.41. The Morgan fingerprint density at radius 2 is 1.97 bits per heavy atom. The highest BCUT2D eigenvalue weighted by molar-refractivity contribution is 7.92. The number of carbonyl (C=O) groups excluding carboxylic acids is 1.